The first-order valence-electron chi connectivity index (χ1n) is 8.62. The number of carbonyl (C=O) groups excluding carboxylic acids is 1. The minimum atomic E-state index is 0.0837. The van der Waals surface area contributed by atoms with E-state index in [0.717, 1.165) is 57.5 Å². The molecule has 0 aromatic carbocycles. The van der Waals surface area contributed by atoms with Gasteiger partial charge in [-0.05, 0) is 25.0 Å². The summed E-state index contributed by atoms with van der Waals surface area (Å²) in [6.07, 6.45) is 4.79. The molecule has 128 valence electrons. The summed E-state index contributed by atoms with van der Waals surface area (Å²) in [5, 5.41) is 3.95. The highest BCUT2D eigenvalue weighted by molar-refractivity contribution is 7.99. The van der Waals surface area contributed by atoms with Crippen LogP contribution in [0.4, 0.5) is 4.79 Å². The van der Waals surface area contributed by atoms with Crippen molar-refractivity contribution in [3.8, 4) is 0 Å². The number of morpholine rings is 1. The number of nitrogens with zero attached hydrogens (tertiary/aromatic N) is 2. The van der Waals surface area contributed by atoms with Crippen molar-refractivity contribution in [3.05, 3.63) is 0 Å². The minimum Gasteiger partial charge on any atom is -0.379 e. The highest BCUT2D eigenvalue weighted by atomic mass is 32.2. The van der Waals surface area contributed by atoms with Gasteiger partial charge in [0.2, 0.25) is 0 Å². The standard InChI is InChI=1S/C16H31N3O2S/c1-3-22-15-6-4-5-14(13-15)17-16(20)18(2)7-8-19-9-11-21-12-10-19/h14-15H,3-13H2,1-2H3,(H,17,20)/t14-,15-/m0/s1. The maximum atomic E-state index is 12.3. The first-order valence-corrected chi connectivity index (χ1v) is 9.67. The molecule has 0 spiro atoms. The van der Waals surface area contributed by atoms with Crippen LogP contribution < -0.4 is 5.32 Å². The summed E-state index contributed by atoms with van der Waals surface area (Å²) in [4.78, 5) is 16.5. The zero-order chi connectivity index (χ0) is 15.8. The van der Waals surface area contributed by atoms with E-state index in [2.05, 4.69) is 17.1 Å². The van der Waals surface area contributed by atoms with E-state index < -0.39 is 0 Å². The first kappa shape index (κ1) is 17.9. The van der Waals surface area contributed by atoms with E-state index in [1.165, 1.54) is 18.6 Å². The van der Waals surface area contributed by atoms with E-state index in [0.29, 0.717) is 6.04 Å². The number of nitrogens with one attached hydrogen (secondary N) is 1. The molecule has 0 unspecified atom stereocenters. The van der Waals surface area contributed by atoms with Crippen molar-refractivity contribution in [1.29, 1.82) is 0 Å². The highest BCUT2D eigenvalue weighted by Gasteiger charge is 2.24. The van der Waals surface area contributed by atoms with Crippen LogP contribution >= 0.6 is 11.8 Å². The van der Waals surface area contributed by atoms with Crippen molar-refractivity contribution in [3.63, 3.8) is 0 Å². The summed E-state index contributed by atoms with van der Waals surface area (Å²) < 4.78 is 5.35. The Balaban J connectivity index is 1.66. The Hall–Kier alpha value is -0.460. The molecule has 2 rings (SSSR count). The zero-order valence-electron chi connectivity index (χ0n) is 14.1. The van der Waals surface area contributed by atoms with E-state index in [4.69, 9.17) is 4.74 Å². The lowest BCUT2D eigenvalue weighted by Crippen LogP contribution is -2.48. The van der Waals surface area contributed by atoms with Crippen LogP contribution in [0.3, 0.4) is 0 Å². The maximum absolute atomic E-state index is 12.3. The third-order valence-electron chi connectivity index (χ3n) is 4.56. The number of ether oxygens (including phenoxy) is 1. The molecular weight excluding hydrogens is 298 g/mol. The fourth-order valence-electron chi connectivity index (χ4n) is 3.17. The fourth-order valence-corrected chi connectivity index (χ4v) is 4.34. The van der Waals surface area contributed by atoms with Crippen molar-refractivity contribution in [2.24, 2.45) is 0 Å². The lowest BCUT2D eigenvalue weighted by molar-refractivity contribution is 0.0356. The molecule has 22 heavy (non-hydrogen) atoms. The van der Waals surface area contributed by atoms with Crippen molar-refractivity contribution in [1.82, 2.24) is 15.1 Å². The highest BCUT2D eigenvalue weighted by Crippen LogP contribution is 2.28. The van der Waals surface area contributed by atoms with Gasteiger partial charge in [0.15, 0.2) is 0 Å². The van der Waals surface area contributed by atoms with Gasteiger partial charge in [-0.3, -0.25) is 4.90 Å². The second-order valence-electron chi connectivity index (χ2n) is 6.27. The predicted octanol–water partition coefficient (Wildman–Crippen LogP) is 2.02. The minimum absolute atomic E-state index is 0.0837. The predicted molar refractivity (Wildman–Crippen MR) is 92.6 cm³/mol. The molecule has 0 aromatic heterocycles. The Kier molecular flexibility index (Phi) is 7.83. The second-order valence-corrected chi connectivity index (χ2v) is 7.84. The SMILES string of the molecule is CCS[C@H]1CCC[C@H](NC(=O)N(C)CCN2CCOCC2)C1. The van der Waals surface area contributed by atoms with Gasteiger partial charge in [0.25, 0.3) is 0 Å². The largest absolute Gasteiger partial charge is 0.379 e. The average Bonchev–Trinajstić information content (AvgIpc) is 2.54. The molecular formula is C16H31N3O2S. The van der Waals surface area contributed by atoms with E-state index >= 15 is 0 Å². The molecule has 1 N–H and O–H groups in total. The zero-order valence-corrected chi connectivity index (χ0v) is 14.9. The van der Waals surface area contributed by atoms with Crippen LogP contribution in [0.25, 0.3) is 0 Å². The van der Waals surface area contributed by atoms with E-state index in [-0.39, 0.29) is 6.03 Å². The van der Waals surface area contributed by atoms with Crippen molar-refractivity contribution in [2.75, 3.05) is 52.2 Å². The number of hydrogen-bond acceptors (Lipinski definition) is 4. The molecule has 2 atom stereocenters. The summed E-state index contributed by atoms with van der Waals surface area (Å²) in [6, 6.07) is 0.441. The summed E-state index contributed by atoms with van der Waals surface area (Å²) in [5.74, 6) is 1.17. The molecule has 1 saturated carbocycles. The number of rotatable bonds is 6. The summed E-state index contributed by atoms with van der Waals surface area (Å²) >= 11 is 2.04. The van der Waals surface area contributed by atoms with Crippen LogP contribution in [-0.2, 0) is 4.74 Å². The number of thioether (sulfide) groups is 1. The maximum Gasteiger partial charge on any atom is 0.317 e. The summed E-state index contributed by atoms with van der Waals surface area (Å²) in [6.45, 7) is 7.52. The van der Waals surface area contributed by atoms with Gasteiger partial charge in [-0.15, -0.1) is 0 Å². The monoisotopic (exact) mass is 329 g/mol. The number of likely N-dealkylation sites (N-methyl/N-ethyl adjacent to an activating group) is 1. The Labute approximate surface area is 139 Å². The Morgan fingerprint density at radius 2 is 2.14 bits per heavy atom. The van der Waals surface area contributed by atoms with E-state index in [1.54, 1.807) is 0 Å². The summed E-state index contributed by atoms with van der Waals surface area (Å²) in [5.41, 5.74) is 0. The number of amides is 2. The molecule has 2 aliphatic rings. The Morgan fingerprint density at radius 3 is 2.86 bits per heavy atom. The normalized spacial score (nSPS) is 26.6. The topological polar surface area (TPSA) is 44.8 Å². The first-order chi connectivity index (χ1) is 10.7. The molecule has 0 aromatic rings. The van der Waals surface area contributed by atoms with Crippen LogP contribution in [0.2, 0.25) is 0 Å². The van der Waals surface area contributed by atoms with Crippen LogP contribution in [0.15, 0.2) is 0 Å². The lowest BCUT2D eigenvalue weighted by atomic mass is 9.95. The molecule has 1 aliphatic carbocycles. The van der Waals surface area contributed by atoms with E-state index in [9.17, 15) is 4.79 Å². The van der Waals surface area contributed by atoms with Crippen LogP contribution in [0.5, 0.6) is 0 Å². The number of carbonyl (C=O) groups is 1. The molecule has 5 nitrogen and oxygen atoms in total. The molecule has 6 heteroatoms. The van der Waals surface area contributed by atoms with Gasteiger partial charge < -0.3 is 15.0 Å². The molecule has 1 saturated heterocycles. The van der Waals surface area contributed by atoms with Crippen LogP contribution in [0, 0.1) is 0 Å². The number of hydrogen-bond donors (Lipinski definition) is 1. The van der Waals surface area contributed by atoms with Gasteiger partial charge in [0.1, 0.15) is 0 Å². The molecule has 2 amide bonds. The molecule has 0 bridgehead atoms. The quantitative estimate of drug-likeness (QED) is 0.810. The number of urea groups is 1. The fraction of sp³-hybridized carbons (Fsp3) is 0.938. The third-order valence-corrected chi connectivity index (χ3v) is 5.79. The average molecular weight is 330 g/mol. The van der Waals surface area contributed by atoms with Crippen molar-refractivity contribution < 1.29 is 9.53 Å². The van der Waals surface area contributed by atoms with Crippen LogP contribution in [-0.4, -0.2) is 79.3 Å². The smallest absolute Gasteiger partial charge is 0.317 e. The molecule has 0 radical (unpaired) electrons. The van der Waals surface area contributed by atoms with Crippen molar-refractivity contribution in [2.45, 2.75) is 43.9 Å². The molecule has 2 fully saturated rings. The lowest BCUT2D eigenvalue weighted by Gasteiger charge is -2.32. The van der Waals surface area contributed by atoms with Gasteiger partial charge in [-0.25, -0.2) is 4.79 Å². The third kappa shape index (κ3) is 5.97. The van der Waals surface area contributed by atoms with Crippen molar-refractivity contribution >= 4 is 17.8 Å². The van der Waals surface area contributed by atoms with Gasteiger partial charge in [-0.2, -0.15) is 11.8 Å². The molecule has 1 aliphatic heterocycles. The molecule has 1 heterocycles. The Morgan fingerprint density at radius 1 is 1.36 bits per heavy atom. The van der Waals surface area contributed by atoms with Gasteiger partial charge in [0, 0.05) is 44.5 Å². The van der Waals surface area contributed by atoms with Gasteiger partial charge >= 0.3 is 6.03 Å². The van der Waals surface area contributed by atoms with Gasteiger partial charge in [0.05, 0.1) is 13.2 Å². The second kappa shape index (κ2) is 9.63. The summed E-state index contributed by atoms with van der Waals surface area (Å²) in [7, 11) is 1.90. The van der Waals surface area contributed by atoms with Crippen LogP contribution in [0.1, 0.15) is 32.6 Å². The van der Waals surface area contributed by atoms with E-state index in [1.807, 2.05) is 23.7 Å². The van der Waals surface area contributed by atoms with Gasteiger partial charge in [-0.1, -0.05) is 13.3 Å². The Bertz CT molecular complexity index is 335.